The summed E-state index contributed by atoms with van der Waals surface area (Å²) < 4.78 is 11.5. The van der Waals surface area contributed by atoms with Gasteiger partial charge in [-0.15, -0.1) is 0 Å². The summed E-state index contributed by atoms with van der Waals surface area (Å²) in [6.45, 7) is 8.47. The molecule has 0 N–H and O–H groups in total. The Morgan fingerprint density at radius 1 is 0.500 bits per heavy atom. The smallest absolute Gasteiger partial charge is 0.394 e. The summed E-state index contributed by atoms with van der Waals surface area (Å²) in [4.78, 5) is 13.0. The lowest BCUT2D eigenvalue weighted by Crippen LogP contribution is -2.24. The average molecular weight is 451 g/mol. The van der Waals surface area contributed by atoms with E-state index in [1.807, 2.05) is 72.8 Å². The maximum atomic E-state index is 13.0. The van der Waals surface area contributed by atoms with Gasteiger partial charge in [0.1, 0.15) is 11.5 Å². The molecule has 0 aliphatic heterocycles. The van der Waals surface area contributed by atoms with Crippen LogP contribution in [-0.2, 0) is 10.8 Å². The molecule has 4 aromatic carbocycles. The highest BCUT2D eigenvalue weighted by Gasteiger charge is 2.29. The number of carbonyl (C=O) groups is 1. The summed E-state index contributed by atoms with van der Waals surface area (Å²) in [7, 11) is 0. The number of carbonyl (C=O) groups excluding carboxylic acids is 1. The summed E-state index contributed by atoms with van der Waals surface area (Å²) in [6.07, 6.45) is -0.757. The molecule has 3 nitrogen and oxygen atoms in total. The molecule has 172 valence electrons. The first-order valence-electron chi connectivity index (χ1n) is 11.5. The van der Waals surface area contributed by atoms with Crippen LogP contribution in [0.1, 0.15) is 49.9 Å². The Balaban J connectivity index is 1.60. The van der Waals surface area contributed by atoms with Gasteiger partial charge in [0.2, 0.25) is 0 Å². The van der Waals surface area contributed by atoms with E-state index in [-0.39, 0.29) is 10.8 Å². The third kappa shape index (κ3) is 4.74. The maximum absolute atomic E-state index is 13.0. The Bertz CT molecular complexity index is 1160. The standard InChI is InChI=1S/C31H30O3/c1-30(2,23-15-7-5-8-16-23)25-19-11-13-21-27(25)33-29(32)34-28-22-14-12-20-26(28)31(3,4)24-17-9-6-10-18-24/h5-22H,1-4H3. The van der Waals surface area contributed by atoms with E-state index >= 15 is 0 Å². The molecule has 0 unspecified atom stereocenters. The molecular formula is C31H30O3. The highest BCUT2D eigenvalue weighted by molar-refractivity contribution is 5.69. The highest BCUT2D eigenvalue weighted by atomic mass is 16.7. The summed E-state index contributed by atoms with van der Waals surface area (Å²) in [5, 5.41) is 0. The van der Waals surface area contributed by atoms with Crippen molar-refractivity contribution in [3.8, 4) is 11.5 Å². The van der Waals surface area contributed by atoms with Crippen molar-refractivity contribution >= 4 is 6.16 Å². The van der Waals surface area contributed by atoms with Gasteiger partial charge in [-0.3, -0.25) is 0 Å². The number of ether oxygens (including phenoxy) is 2. The zero-order valence-electron chi connectivity index (χ0n) is 20.1. The van der Waals surface area contributed by atoms with Crippen LogP contribution in [0.4, 0.5) is 4.79 Å². The van der Waals surface area contributed by atoms with Crippen molar-refractivity contribution in [2.45, 2.75) is 38.5 Å². The molecule has 0 aliphatic carbocycles. The molecule has 0 aliphatic rings. The van der Waals surface area contributed by atoms with E-state index in [2.05, 4.69) is 52.0 Å². The van der Waals surface area contributed by atoms with Crippen LogP contribution in [-0.4, -0.2) is 6.16 Å². The monoisotopic (exact) mass is 450 g/mol. The van der Waals surface area contributed by atoms with Gasteiger partial charge in [-0.1, -0.05) is 125 Å². The van der Waals surface area contributed by atoms with Gasteiger partial charge in [-0.05, 0) is 23.3 Å². The fourth-order valence-corrected chi connectivity index (χ4v) is 4.36. The summed E-state index contributed by atoms with van der Waals surface area (Å²) >= 11 is 0. The van der Waals surface area contributed by atoms with Gasteiger partial charge in [0, 0.05) is 22.0 Å². The molecule has 4 rings (SSSR count). The minimum absolute atomic E-state index is 0.356. The summed E-state index contributed by atoms with van der Waals surface area (Å²) in [6, 6.07) is 35.6. The van der Waals surface area contributed by atoms with Gasteiger partial charge in [0.05, 0.1) is 0 Å². The highest BCUT2D eigenvalue weighted by Crippen LogP contribution is 2.39. The Morgan fingerprint density at radius 2 is 0.824 bits per heavy atom. The van der Waals surface area contributed by atoms with Crippen LogP contribution in [0.3, 0.4) is 0 Å². The number of rotatable bonds is 6. The van der Waals surface area contributed by atoms with Crippen LogP contribution in [0, 0.1) is 0 Å². The SMILES string of the molecule is CC(C)(c1ccccc1)c1ccccc1OC(=O)Oc1ccccc1C(C)(C)c1ccccc1. The van der Waals surface area contributed by atoms with Crippen molar-refractivity contribution in [2.24, 2.45) is 0 Å². The van der Waals surface area contributed by atoms with E-state index in [0.717, 1.165) is 22.3 Å². The third-order valence-corrected chi connectivity index (χ3v) is 6.50. The predicted octanol–water partition coefficient (Wildman–Crippen LogP) is 7.92. The molecule has 0 saturated heterocycles. The van der Waals surface area contributed by atoms with E-state index in [0.29, 0.717) is 11.5 Å². The molecule has 0 saturated carbocycles. The van der Waals surface area contributed by atoms with Crippen molar-refractivity contribution in [1.29, 1.82) is 0 Å². The largest absolute Gasteiger partial charge is 0.519 e. The molecule has 3 heteroatoms. The average Bonchev–Trinajstić information content (AvgIpc) is 2.85. The Kier molecular flexibility index (Phi) is 6.56. The molecule has 0 amide bonds. The molecule has 0 fully saturated rings. The van der Waals surface area contributed by atoms with Crippen LogP contribution >= 0.6 is 0 Å². The first-order valence-corrected chi connectivity index (χ1v) is 11.5. The van der Waals surface area contributed by atoms with E-state index < -0.39 is 6.16 Å². The van der Waals surface area contributed by atoms with Crippen molar-refractivity contribution in [1.82, 2.24) is 0 Å². The molecule has 0 spiro atoms. The quantitative estimate of drug-likeness (QED) is 0.221. The van der Waals surface area contributed by atoms with Crippen molar-refractivity contribution in [2.75, 3.05) is 0 Å². The zero-order valence-corrected chi connectivity index (χ0v) is 20.1. The Morgan fingerprint density at radius 3 is 1.21 bits per heavy atom. The van der Waals surface area contributed by atoms with Gasteiger partial charge in [-0.25, -0.2) is 4.79 Å². The molecular weight excluding hydrogens is 420 g/mol. The number of para-hydroxylation sites is 2. The van der Waals surface area contributed by atoms with Gasteiger partial charge in [0.25, 0.3) is 0 Å². The molecule has 0 heterocycles. The van der Waals surface area contributed by atoms with Gasteiger partial charge >= 0.3 is 6.16 Å². The van der Waals surface area contributed by atoms with Crippen LogP contribution in [0.2, 0.25) is 0 Å². The first kappa shape index (κ1) is 23.3. The normalized spacial score (nSPS) is 11.6. The van der Waals surface area contributed by atoms with Crippen LogP contribution in [0.15, 0.2) is 109 Å². The van der Waals surface area contributed by atoms with Gasteiger partial charge in [0.15, 0.2) is 0 Å². The second kappa shape index (κ2) is 9.56. The second-order valence-electron chi connectivity index (χ2n) is 9.43. The van der Waals surface area contributed by atoms with E-state index in [1.165, 1.54) is 0 Å². The van der Waals surface area contributed by atoms with Crippen molar-refractivity contribution in [3.63, 3.8) is 0 Å². The fourth-order valence-electron chi connectivity index (χ4n) is 4.36. The Labute approximate surface area is 202 Å². The van der Waals surface area contributed by atoms with Crippen molar-refractivity contribution < 1.29 is 14.3 Å². The maximum Gasteiger partial charge on any atom is 0.519 e. The lowest BCUT2D eigenvalue weighted by atomic mass is 9.77. The summed E-state index contributed by atoms with van der Waals surface area (Å²) in [5.74, 6) is 0.974. The topological polar surface area (TPSA) is 35.5 Å². The molecule has 34 heavy (non-hydrogen) atoms. The Hall–Kier alpha value is -3.85. The minimum atomic E-state index is -0.757. The lowest BCUT2D eigenvalue weighted by molar-refractivity contribution is 0.150. The predicted molar refractivity (Wildman–Crippen MR) is 137 cm³/mol. The van der Waals surface area contributed by atoms with E-state index in [9.17, 15) is 4.79 Å². The van der Waals surface area contributed by atoms with Crippen molar-refractivity contribution in [3.05, 3.63) is 131 Å². The van der Waals surface area contributed by atoms with Gasteiger partial charge < -0.3 is 9.47 Å². The molecule has 0 bridgehead atoms. The fraction of sp³-hybridized carbons (Fsp3) is 0.194. The number of benzene rings is 4. The minimum Gasteiger partial charge on any atom is -0.394 e. The molecule has 4 aromatic rings. The van der Waals surface area contributed by atoms with E-state index in [4.69, 9.17) is 9.47 Å². The zero-order chi connectivity index (χ0) is 24.2. The van der Waals surface area contributed by atoms with Crippen LogP contribution < -0.4 is 9.47 Å². The van der Waals surface area contributed by atoms with Gasteiger partial charge in [-0.2, -0.15) is 0 Å². The van der Waals surface area contributed by atoms with E-state index in [1.54, 1.807) is 12.1 Å². The molecule has 0 aromatic heterocycles. The number of hydrogen-bond acceptors (Lipinski definition) is 3. The third-order valence-electron chi connectivity index (χ3n) is 6.50. The first-order chi connectivity index (χ1) is 16.3. The second-order valence-corrected chi connectivity index (χ2v) is 9.43. The number of hydrogen-bond donors (Lipinski definition) is 0. The van der Waals surface area contributed by atoms with Crippen LogP contribution in [0.25, 0.3) is 0 Å². The summed E-state index contributed by atoms with van der Waals surface area (Å²) in [5.41, 5.74) is 3.38. The van der Waals surface area contributed by atoms with Crippen LogP contribution in [0.5, 0.6) is 11.5 Å². The molecule has 0 atom stereocenters. The molecule has 0 radical (unpaired) electrons. The lowest BCUT2D eigenvalue weighted by Gasteiger charge is -2.28.